The van der Waals surface area contributed by atoms with Gasteiger partial charge in [0.1, 0.15) is 0 Å². The van der Waals surface area contributed by atoms with Gasteiger partial charge < -0.3 is 5.11 Å². The van der Waals surface area contributed by atoms with Crippen molar-refractivity contribution in [1.82, 2.24) is 0 Å². The molecule has 46 heavy (non-hydrogen) atoms. The minimum Gasteiger partial charge on any atom is -0.392 e. The van der Waals surface area contributed by atoms with E-state index in [0.717, 1.165) is 50.5 Å². The molecule has 254 valence electrons. The van der Waals surface area contributed by atoms with E-state index in [1.54, 1.807) is 0 Å². The highest BCUT2D eigenvalue weighted by atomic mass is 16.3. The van der Waals surface area contributed by atoms with E-state index in [9.17, 15) is 5.11 Å². The molecule has 0 radical (unpaired) electrons. The highest BCUT2D eigenvalue weighted by molar-refractivity contribution is 5.28. The van der Waals surface area contributed by atoms with Crippen molar-refractivity contribution >= 4 is 0 Å². The van der Waals surface area contributed by atoms with Crippen molar-refractivity contribution < 1.29 is 5.11 Å². The van der Waals surface area contributed by atoms with Crippen LogP contribution in [0.25, 0.3) is 0 Å². The van der Waals surface area contributed by atoms with Gasteiger partial charge >= 0.3 is 0 Å². The molecule has 1 aliphatic rings. The van der Waals surface area contributed by atoms with Gasteiger partial charge in [0.2, 0.25) is 0 Å². The molecule has 1 rings (SSSR count). The van der Waals surface area contributed by atoms with E-state index < -0.39 is 0 Å². The molecule has 0 saturated carbocycles. The average molecular weight is 625 g/mol. The molecule has 0 fully saturated rings. The number of rotatable bonds is 18. The summed E-state index contributed by atoms with van der Waals surface area (Å²) in [6.07, 6.45) is 40.6. The minimum absolute atomic E-state index is 0.156. The van der Waals surface area contributed by atoms with E-state index in [1.165, 1.54) is 45.4 Å². The van der Waals surface area contributed by atoms with Gasteiger partial charge in [0.15, 0.2) is 0 Å². The Balaban J connectivity index is 2.55. The van der Waals surface area contributed by atoms with Crippen LogP contribution in [0.4, 0.5) is 0 Å². The molecule has 0 aromatic rings. The van der Waals surface area contributed by atoms with Gasteiger partial charge in [-0.25, -0.2) is 0 Å². The molecule has 1 N–H and O–H groups in total. The van der Waals surface area contributed by atoms with E-state index in [2.05, 4.69) is 154 Å². The standard InChI is InChI=1S/C45H68O/c1-35(2)18-14-21-38(5)24-16-26-39(6)25-15-22-36(3)19-12-13-20-37(4)23-17-27-40(7)29-33-44-42(9)30-32-43(45(44,10)11)31-28-41(8)34-46/h12-13,15,18-20,22,24-25,27-30,33,43-44,46H,14,16-17,21,23,26,31-32,34H2,1-11H3/b13-12+,22-15+,33-29+,36-19+,37-20+,38-24+,39-25+,40-27+,41-28+. The van der Waals surface area contributed by atoms with Crippen LogP contribution < -0.4 is 0 Å². The fraction of sp³-hybridized carbons (Fsp3) is 0.511. The van der Waals surface area contributed by atoms with Crippen LogP contribution in [-0.2, 0) is 0 Å². The van der Waals surface area contributed by atoms with E-state index in [0.29, 0.717) is 11.8 Å². The SMILES string of the molecule is CC(C)=CCC/C(C)=C/CC/C(C)=C/C=C/C(C)=C/C=C/C=C(\C)CC/C=C(C)/C=C/C1C(C)=CCC(C/C=C(\C)CO)C1(C)C. The zero-order chi connectivity index (χ0) is 34.5. The van der Waals surface area contributed by atoms with Gasteiger partial charge in [-0.1, -0.05) is 143 Å². The number of allylic oxidation sites excluding steroid dienone is 21. The van der Waals surface area contributed by atoms with Crippen molar-refractivity contribution in [2.24, 2.45) is 17.3 Å². The third-order valence-electron chi connectivity index (χ3n) is 9.34. The highest BCUT2D eigenvalue weighted by Crippen LogP contribution is 2.47. The molecule has 0 aromatic carbocycles. The minimum atomic E-state index is 0.156. The molecule has 1 heteroatoms. The largest absolute Gasteiger partial charge is 0.392 e. The van der Waals surface area contributed by atoms with Crippen molar-refractivity contribution in [3.63, 3.8) is 0 Å². The smallest absolute Gasteiger partial charge is 0.0639 e. The molecule has 0 saturated heterocycles. The molecule has 0 bridgehead atoms. The molecule has 0 aliphatic heterocycles. The predicted octanol–water partition coefficient (Wildman–Crippen LogP) is 13.6. The zero-order valence-electron chi connectivity index (χ0n) is 31.5. The Morgan fingerprint density at radius 1 is 0.696 bits per heavy atom. The Kier molecular flexibility index (Phi) is 20.2. The molecule has 0 amide bonds. The van der Waals surface area contributed by atoms with Crippen LogP contribution in [0, 0.1) is 17.3 Å². The summed E-state index contributed by atoms with van der Waals surface area (Å²) in [5, 5.41) is 9.39. The molecular weight excluding hydrogens is 556 g/mol. The Labute approximate surface area is 285 Å². The van der Waals surface area contributed by atoms with E-state index in [1.807, 2.05) is 6.92 Å². The molecule has 2 atom stereocenters. The lowest BCUT2D eigenvalue weighted by Gasteiger charge is -2.43. The lowest BCUT2D eigenvalue weighted by molar-refractivity contribution is 0.154. The molecule has 1 aliphatic carbocycles. The number of aliphatic hydroxyl groups is 1. The maximum Gasteiger partial charge on any atom is 0.0639 e. The molecule has 0 heterocycles. The summed E-state index contributed by atoms with van der Waals surface area (Å²) in [6.45, 7) is 24.7. The first-order valence-corrected chi connectivity index (χ1v) is 17.7. The average Bonchev–Trinajstić information content (AvgIpc) is 2.98. The maximum atomic E-state index is 9.39. The summed E-state index contributed by atoms with van der Waals surface area (Å²) in [5.41, 5.74) is 11.0. The van der Waals surface area contributed by atoms with Crippen LogP contribution in [-0.4, -0.2) is 11.7 Å². The molecular formula is C45H68O. The van der Waals surface area contributed by atoms with E-state index in [4.69, 9.17) is 0 Å². The van der Waals surface area contributed by atoms with Crippen LogP contribution in [0.3, 0.4) is 0 Å². The Morgan fingerprint density at radius 3 is 1.93 bits per heavy atom. The second-order valence-electron chi connectivity index (χ2n) is 14.6. The first-order chi connectivity index (χ1) is 21.8. The normalized spacial score (nSPS) is 20.7. The van der Waals surface area contributed by atoms with Crippen LogP contribution >= 0.6 is 0 Å². The lowest BCUT2D eigenvalue weighted by atomic mass is 9.61. The summed E-state index contributed by atoms with van der Waals surface area (Å²) in [6, 6.07) is 0. The van der Waals surface area contributed by atoms with Crippen molar-refractivity contribution in [1.29, 1.82) is 0 Å². The lowest BCUT2D eigenvalue weighted by Crippen LogP contribution is -2.35. The number of aliphatic hydroxyl groups excluding tert-OH is 1. The summed E-state index contributed by atoms with van der Waals surface area (Å²) in [5.74, 6) is 1.03. The second-order valence-corrected chi connectivity index (χ2v) is 14.6. The molecule has 2 unspecified atom stereocenters. The third-order valence-corrected chi connectivity index (χ3v) is 9.34. The first-order valence-electron chi connectivity index (χ1n) is 17.7. The summed E-state index contributed by atoms with van der Waals surface area (Å²) < 4.78 is 0. The summed E-state index contributed by atoms with van der Waals surface area (Å²) in [7, 11) is 0. The van der Waals surface area contributed by atoms with Gasteiger partial charge in [-0.05, 0) is 125 Å². The fourth-order valence-corrected chi connectivity index (χ4v) is 5.90. The first kappa shape index (κ1) is 41.1. The van der Waals surface area contributed by atoms with E-state index >= 15 is 0 Å². The predicted molar refractivity (Wildman–Crippen MR) is 208 cm³/mol. The highest BCUT2D eigenvalue weighted by Gasteiger charge is 2.38. The number of hydrogen-bond donors (Lipinski definition) is 1. The Morgan fingerprint density at radius 2 is 1.28 bits per heavy atom. The monoisotopic (exact) mass is 625 g/mol. The van der Waals surface area contributed by atoms with Crippen molar-refractivity contribution in [3.8, 4) is 0 Å². The van der Waals surface area contributed by atoms with Gasteiger partial charge in [-0.2, -0.15) is 0 Å². The van der Waals surface area contributed by atoms with Crippen LogP contribution in [0.2, 0.25) is 0 Å². The van der Waals surface area contributed by atoms with E-state index in [-0.39, 0.29) is 12.0 Å². The molecule has 0 spiro atoms. The third kappa shape index (κ3) is 17.7. The number of hydrogen-bond acceptors (Lipinski definition) is 1. The zero-order valence-corrected chi connectivity index (χ0v) is 31.5. The van der Waals surface area contributed by atoms with Crippen molar-refractivity contribution in [2.45, 2.75) is 128 Å². The van der Waals surface area contributed by atoms with Crippen molar-refractivity contribution in [3.05, 3.63) is 130 Å². The second kappa shape index (κ2) is 22.6. The summed E-state index contributed by atoms with van der Waals surface area (Å²) in [4.78, 5) is 0. The quantitative estimate of drug-likeness (QED) is 0.119. The Bertz CT molecular complexity index is 1270. The van der Waals surface area contributed by atoms with Crippen molar-refractivity contribution in [2.75, 3.05) is 6.61 Å². The maximum absolute atomic E-state index is 9.39. The van der Waals surface area contributed by atoms with Gasteiger partial charge in [0.05, 0.1) is 6.61 Å². The van der Waals surface area contributed by atoms with Gasteiger partial charge in [0, 0.05) is 5.92 Å². The van der Waals surface area contributed by atoms with Gasteiger partial charge in [-0.3, -0.25) is 0 Å². The van der Waals surface area contributed by atoms with Crippen LogP contribution in [0.1, 0.15) is 128 Å². The van der Waals surface area contributed by atoms with Crippen LogP contribution in [0.15, 0.2) is 130 Å². The van der Waals surface area contributed by atoms with Crippen LogP contribution in [0.5, 0.6) is 0 Å². The summed E-state index contributed by atoms with van der Waals surface area (Å²) >= 11 is 0. The molecule has 1 nitrogen and oxygen atoms in total. The fourth-order valence-electron chi connectivity index (χ4n) is 5.90. The molecule has 0 aromatic heterocycles. The van der Waals surface area contributed by atoms with Gasteiger partial charge in [-0.15, -0.1) is 0 Å². The Hall–Kier alpha value is -2.90. The topological polar surface area (TPSA) is 20.2 Å². The van der Waals surface area contributed by atoms with Gasteiger partial charge in [0.25, 0.3) is 0 Å².